The number of benzene rings is 9. The number of nitro groups is 1. The number of hydrogen-bond acceptors (Lipinski definition) is 8. The maximum atomic E-state index is 12.4. The molecule has 1 aliphatic rings. The first kappa shape index (κ1) is 111. The second-order valence-electron chi connectivity index (χ2n) is 39.0. The Balaban J connectivity index is 0.000000319. The second-order valence-corrected chi connectivity index (χ2v) is 39.0. The molecule has 9 N–H and O–H groups in total. The molecule has 10 rings (SSSR count). The number of nitrogens with two attached hydrogens (primary N) is 1. The number of carbonyl (C=O) groups is 6. The molecule has 1 saturated carbocycles. The van der Waals surface area contributed by atoms with Gasteiger partial charge in [0.15, 0.2) is 0 Å². The molecule has 0 heterocycles. The van der Waals surface area contributed by atoms with Crippen LogP contribution in [-0.4, -0.2) is 52.7 Å². The minimum absolute atomic E-state index is 0.0159. The summed E-state index contributed by atoms with van der Waals surface area (Å²) < 4.78 is 0. The minimum Gasteiger partial charge on any atom is -0.351 e. The van der Waals surface area contributed by atoms with Crippen LogP contribution in [0, 0.1) is 10.1 Å². The van der Waals surface area contributed by atoms with Gasteiger partial charge in [0.1, 0.15) is 0 Å². The van der Waals surface area contributed by atoms with E-state index in [2.05, 4.69) is 286 Å². The number of rotatable bonds is 27. The van der Waals surface area contributed by atoms with Gasteiger partial charge in [-0.2, -0.15) is 0 Å². The average Bonchev–Trinajstić information content (AvgIpc) is 0.826. The van der Waals surface area contributed by atoms with E-state index in [9.17, 15) is 38.9 Å². The Morgan fingerprint density at radius 3 is 0.938 bits per heavy atom. The van der Waals surface area contributed by atoms with Crippen LogP contribution >= 0.6 is 0 Å². The highest BCUT2D eigenvalue weighted by Gasteiger charge is 2.24. The van der Waals surface area contributed by atoms with E-state index in [0.29, 0.717) is 101 Å². The largest absolute Gasteiger partial charge is 0.351 e. The zero-order valence-electron chi connectivity index (χ0n) is 84.8. The summed E-state index contributed by atoms with van der Waals surface area (Å²) in [5.41, 5.74) is 30.0. The zero-order chi connectivity index (χ0) is 97.8. The molecule has 0 radical (unpaired) electrons. The Labute approximate surface area is 782 Å². The predicted molar refractivity (Wildman–Crippen MR) is 550 cm³/mol. The average molecular weight is 1770 g/mol. The van der Waals surface area contributed by atoms with Gasteiger partial charge in [-0.25, -0.2) is 9.59 Å². The third-order valence-corrected chi connectivity index (χ3v) is 23.0. The van der Waals surface area contributed by atoms with Crippen LogP contribution in [0.3, 0.4) is 0 Å². The number of nitrogens with one attached hydrogen (secondary N) is 7. The molecule has 0 aromatic heterocycles. The van der Waals surface area contributed by atoms with E-state index in [4.69, 9.17) is 5.73 Å². The first-order chi connectivity index (χ1) is 61.0. The van der Waals surface area contributed by atoms with Crippen molar-refractivity contribution in [2.75, 3.05) is 21.3 Å². The van der Waals surface area contributed by atoms with Crippen LogP contribution in [0.4, 0.5) is 38.0 Å². The number of urea groups is 2. The molecule has 1 atom stereocenters. The number of hydrogen-bond donors (Lipinski definition) is 8. The number of carbonyl (C=O) groups excluding carboxylic acids is 6. The Kier molecular flexibility index (Phi) is 46.5. The second kappa shape index (κ2) is 54.4. The maximum absolute atomic E-state index is 12.4. The van der Waals surface area contributed by atoms with E-state index in [1.807, 2.05) is 149 Å². The molecule has 0 saturated heterocycles. The monoisotopic (exact) mass is 1770 g/mol. The molecule has 1 unspecified atom stereocenters. The van der Waals surface area contributed by atoms with Crippen molar-refractivity contribution in [3.05, 3.63) is 298 Å². The molecular formula is C113H161N9O8. The van der Waals surface area contributed by atoms with Crippen molar-refractivity contribution in [3.63, 3.8) is 0 Å². The van der Waals surface area contributed by atoms with Crippen LogP contribution in [-0.2, 0) is 4.79 Å². The molecule has 9 aromatic carbocycles. The topological polar surface area (TPSA) is 256 Å². The van der Waals surface area contributed by atoms with Crippen molar-refractivity contribution in [1.29, 1.82) is 0 Å². The number of primary amides is 1. The molecule has 1 fully saturated rings. The number of para-hydroxylation sites is 1. The van der Waals surface area contributed by atoms with Crippen molar-refractivity contribution in [3.8, 4) is 0 Å². The number of amides is 8. The molecule has 9 aromatic rings. The maximum Gasteiger partial charge on any atom is 0.319 e. The molecule has 0 spiro atoms. The minimum atomic E-state index is -0.521. The van der Waals surface area contributed by atoms with Gasteiger partial charge in [0.25, 0.3) is 23.4 Å². The molecule has 1 aliphatic carbocycles. The number of non-ortho nitro benzene ring substituents is 1. The van der Waals surface area contributed by atoms with E-state index in [1.54, 1.807) is 12.1 Å². The van der Waals surface area contributed by atoms with Crippen LogP contribution in [0.5, 0.6) is 0 Å². The quantitative estimate of drug-likeness (QED) is 0.0181. The van der Waals surface area contributed by atoms with Crippen LogP contribution in [0.25, 0.3) is 0 Å². The van der Waals surface area contributed by atoms with Gasteiger partial charge in [0.2, 0.25) is 5.91 Å². The van der Waals surface area contributed by atoms with Gasteiger partial charge in [-0.05, 0) is 291 Å². The molecule has 0 aliphatic heterocycles. The molecule has 17 nitrogen and oxygen atoms in total. The Morgan fingerprint density at radius 2 is 0.623 bits per heavy atom. The Hall–Kier alpha value is -11.2. The van der Waals surface area contributed by atoms with Gasteiger partial charge < -0.3 is 43.0 Å². The van der Waals surface area contributed by atoms with E-state index in [0.717, 1.165) is 57.8 Å². The van der Waals surface area contributed by atoms with Crippen molar-refractivity contribution in [1.82, 2.24) is 16.0 Å². The van der Waals surface area contributed by atoms with E-state index < -0.39 is 6.03 Å². The first-order valence-electron chi connectivity index (χ1n) is 47.6. The van der Waals surface area contributed by atoms with Gasteiger partial charge >= 0.3 is 12.1 Å². The van der Waals surface area contributed by atoms with Gasteiger partial charge in [-0.3, -0.25) is 29.3 Å². The summed E-state index contributed by atoms with van der Waals surface area (Å²) in [6.45, 7) is 68.5. The van der Waals surface area contributed by atoms with E-state index in [1.165, 1.54) is 78.7 Å². The highest BCUT2D eigenvalue weighted by atomic mass is 16.6. The van der Waals surface area contributed by atoms with E-state index in [-0.39, 0.29) is 52.4 Å². The first-order valence-corrected chi connectivity index (χ1v) is 47.6. The number of nitro benzene ring substituents is 1. The SMILES string of the molecule is CC(C)NC(=O)c1ccc(C(C)C)c(C(C)C)c1.CC(C)c1ccc(C(=O)NC2CCC2)cc1C(C)C.CC(C)c1ccc(C(=O)Nc2ccccc2)cc1C(C)C.CC(C)c1ccc(NC(=O)NC(C)c2ccccc2)cc1C(C)C.CC(C)c1ccc(NC(N)=O)cc1C(C)C.CC(C)c1ccc([N+](=O)[O-])cc1C(C)C.CCC(=O)Nc1ccc(C(C)C)c(C(C)C)c1. The van der Waals surface area contributed by atoms with Gasteiger partial charge in [-0.1, -0.05) is 292 Å². The lowest BCUT2D eigenvalue weighted by Crippen LogP contribution is -2.39. The fraction of sp³-hybridized carbons (Fsp3) is 0.469. The third-order valence-electron chi connectivity index (χ3n) is 23.0. The summed E-state index contributed by atoms with van der Waals surface area (Å²) in [7, 11) is 0. The van der Waals surface area contributed by atoms with Crippen LogP contribution in [0.2, 0.25) is 0 Å². The highest BCUT2D eigenvalue weighted by molar-refractivity contribution is 6.04. The molecule has 0 bridgehead atoms. The normalized spacial score (nSPS) is 12.0. The van der Waals surface area contributed by atoms with Gasteiger partial charge in [0.05, 0.1) is 11.0 Å². The predicted octanol–water partition coefficient (Wildman–Crippen LogP) is 30.8. The lowest BCUT2D eigenvalue weighted by Gasteiger charge is -2.26. The smallest absolute Gasteiger partial charge is 0.319 e. The van der Waals surface area contributed by atoms with Crippen LogP contribution in [0.15, 0.2) is 188 Å². The molecule has 17 heteroatoms. The lowest BCUT2D eigenvalue weighted by atomic mass is 9.88. The zero-order valence-corrected chi connectivity index (χ0v) is 84.8. The molecule has 130 heavy (non-hydrogen) atoms. The van der Waals surface area contributed by atoms with Crippen molar-refractivity contribution >= 4 is 64.1 Å². The number of nitrogens with zero attached hydrogens (tertiary/aromatic N) is 1. The van der Waals surface area contributed by atoms with Gasteiger partial charge in [0, 0.05) is 70.1 Å². The van der Waals surface area contributed by atoms with Crippen molar-refractivity contribution in [2.45, 2.75) is 348 Å². The fourth-order valence-corrected chi connectivity index (χ4v) is 15.4. The Morgan fingerprint density at radius 1 is 0.323 bits per heavy atom. The Bertz CT molecular complexity index is 5070. The van der Waals surface area contributed by atoms with Gasteiger partial charge in [-0.15, -0.1) is 0 Å². The van der Waals surface area contributed by atoms with Crippen molar-refractivity contribution in [2.24, 2.45) is 5.73 Å². The van der Waals surface area contributed by atoms with Crippen LogP contribution in [0.1, 0.15) is 451 Å². The summed E-state index contributed by atoms with van der Waals surface area (Å²) in [5, 5.41) is 31.1. The number of anilines is 4. The summed E-state index contributed by atoms with van der Waals surface area (Å²) in [6.07, 6.45) is 4.02. The molecular weight excluding hydrogens is 1610 g/mol. The standard InChI is InChI=1S/C21H28N2O.C19H23NO.C17H25NO.C16H25NO.C15H23NO.C13H20N2O.C12H17NO2/c1-14(2)19-12-11-18(13-20(19)15(3)4)23-21(24)22-16(5)17-9-7-6-8-10-17;1-13(2)17-11-10-15(12-18(17)14(3)4)19(21)20-16-8-6-5-7-9-16;1-11(2)15-9-8-13(10-16(15)12(3)4)17(19)18-14-6-5-7-14;1-10(2)14-8-7-13(9-15(14)11(3)4)16(18)17-12(5)6;1-6-15(17)16-12-7-8-13(10(2)3)14(9-12)11(4)5;1-8(2)11-6-5-10(15-13(14)16)7-12(11)9(3)4;1-8(2)11-6-5-10(13(14)15)7-12(11)9(3)4/h6-16H,1-5H3,(H2,22,23,24);5-14H,1-4H3,(H,20,21);8-12,14H,5-7H2,1-4H3,(H,18,19);7-12H,1-6H3,(H,17,18);7-11H,6H2,1-5H3,(H,16,17);5-9H,1-4H3,(H3,14,15,16);5-9H,1-4H3. The van der Waals surface area contributed by atoms with Crippen LogP contribution < -0.4 is 43.0 Å². The third kappa shape index (κ3) is 36.3. The lowest BCUT2D eigenvalue weighted by molar-refractivity contribution is -0.385. The van der Waals surface area contributed by atoms with E-state index >= 15 is 0 Å². The summed E-state index contributed by atoms with van der Waals surface area (Å²) in [6, 6.07) is 61.1. The summed E-state index contributed by atoms with van der Waals surface area (Å²) in [5.74, 6) is 6.42. The van der Waals surface area contributed by atoms with Crippen molar-refractivity contribution < 1.29 is 33.7 Å². The summed E-state index contributed by atoms with van der Waals surface area (Å²) in [4.78, 5) is 81.3. The summed E-state index contributed by atoms with van der Waals surface area (Å²) >= 11 is 0. The molecule has 8 amide bonds. The highest BCUT2D eigenvalue weighted by Crippen LogP contribution is 2.36. The molecule has 706 valence electrons. The fourth-order valence-electron chi connectivity index (χ4n) is 15.4.